The van der Waals surface area contributed by atoms with Gasteiger partial charge in [0.05, 0.1) is 11.3 Å². The molecule has 9 nitrogen and oxygen atoms in total. The van der Waals surface area contributed by atoms with Gasteiger partial charge in [0.1, 0.15) is 0 Å². The number of hydrogen-bond donors (Lipinski definition) is 0. The quantitative estimate of drug-likeness (QED) is 0.360. The van der Waals surface area contributed by atoms with Gasteiger partial charge in [0.15, 0.2) is 12.5 Å². The van der Waals surface area contributed by atoms with Crippen LogP contribution in [-0.4, -0.2) is 71.8 Å². The highest BCUT2D eigenvalue weighted by Crippen LogP contribution is 2.38. The highest BCUT2D eigenvalue weighted by atomic mass is 32.2. The van der Waals surface area contributed by atoms with E-state index in [1.807, 2.05) is 29.7 Å². The highest BCUT2D eigenvalue weighted by Gasteiger charge is 2.33. The first-order chi connectivity index (χ1) is 16.9. The third-order valence-electron chi connectivity index (χ3n) is 6.04. The minimum Gasteiger partial charge on any atom is -0.368 e. The standard InChI is InChI=1S/C23H25F3N6O3S/c1-15-10-16(2)32(29-15)21(14-33)31-8-6-30(7-9-31)20-5-4-18(23(24,25)26)11-19(20)17-12-27-22(28-13-17)36(3,34)35/h4-5,10-14,21H,6-9H2,1-3H3. The number of benzene rings is 1. The summed E-state index contributed by atoms with van der Waals surface area (Å²) in [5.41, 5.74) is 1.86. The Morgan fingerprint density at radius 3 is 2.17 bits per heavy atom. The zero-order chi connectivity index (χ0) is 26.3. The molecule has 3 heterocycles. The van der Waals surface area contributed by atoms with Crippen LogP contribution in [0.3, 0.4) is 0 Å². The number of piperazine rings is 1. The molecule has 1 saturated heterocycles. The number of sulfone groups is 1. The number of aromatic nitrogens is 4. The van der Waals surface area contributed by atoms with Gasteiger partial charge in [-0.3, -0.25) is 9.69 Å². The summed E-state index contributed by atoms with van der Waals surface area (Å²) in [4.78, 5) is 23.5. The Morgan fingerprint density at radius 2 is 1.67 bits per heavy atom. The molecule has 0 bridgehead atoms. The summed E-state index contributed by atoms with van der Waals surface area (Å²) in [5, 5.41) is 4.01. The largest absolute Gasteiger partial charge is 0.416 e. The normalized spacial score (nSPS) is 16.2. The minimum absolute atomic E-state index is 0.240. The number of hydrogen-bond acceptors (Lipinski definition) is 8. The fraction of sp³-hybridized carbons (Fsp3) is 0.391. The van der Waals surface area contributed by atoms with Crippen LogP contribution in [-0.2, 0) is 20.8 Å². The number of aryl methyl sites for hydroxylation is 2. The molecular weight excluding hydrogens is 497 g/mol. The summed E-state index contributed by atoms with van der Waals surface area (Å²) >= 11 is 0. The van der Waals surface area contributed by atoms with Crippen molar-refractivity contribution in [1.82, 2.24) is 24.6 Å². The van der Waals surface area contributed by atoms with Crippen molar-refractivity contribution in [3.63, 3.8) is 0 Å². The van der Waals surface area contributed by atoms with Crippen molar-refractivity contribution in [2.75, 3.05) is 37.3 Å². The van der Waals surface area contributed by atoms with Crippen molar-refractivity contribution in [3.8, 4) is 11.1 Å². The van der Waals surface area contributed by atoms with Gasteiger partial charge in [-0.15, -0.1) is 0 Å². The Balaban J connectivity index is 1.63. The maximum Gasteiger partial charge on any atom is 0.416 e. The number of anilines is 1. The van der Waals surface area contributed by atoms with Crippen LogP contribution in [0.2, 0.25) is 0 Å². The molecule has 1 atom stereocenters. The maximum absolute atomic E-state index is 13.5. The fourth-order valence-electron chi connectivity index (χ4n) is 4.31. The van der Waals surface area contributed by atoms with Crippen LogP contribution in [0.1, 0.15) is 23.1 Å². The van der Waals surface area contributed by atoms with E-state index in [1.54, 1.807) is 4.68 Å². The number of carbonyl (C=O) groups excluding carboxylic acids is 1. The molecular formula is C23H25F3N6O3S. The van der Waals surface area contributed by atoms with Crippen LogP contribution in [0, 0.1) is 13.8 Å². The molecule has 0 radical (unpaired) electrons. The molecule has 1 aliphatic heterocycles. The van der Waals surface area contributed by atoms with Gasteiger partial charge in [-0.25, -0.2) is 23.1 Å². The Labute approximate surface area is 206 Å². The minimum atomic E-state index is -4.56. The number of nitrogens with zero attached hydrogens (tertiary/aromatic N) is 6. The van der Waals surface area contributed by atoms with Crippen LogP contribution >= 0.6 is 0 Å². The Kier molecular flexibility index (Phi) is 6.88. The van der Waals surface area contributed by atoms with Gasteiger partial charge >= 0.3 is 6.18 Å². The summed E-state index contributed by atoms with van der Waals surface area (Å²) < 4.78 is 65.5. The molecule has 0 saturated carbocycles. The smallest absolute Gasteiger partial charge is 0.368 e. The summed E-state index contributed by atoms with van der Waals surface area (Å²) in [7, 11) is -3.66. The molecule has 192 valence electrons. The Bertz CT molecular complexity index is 1360. The lowest BCUT2D eigenvalue weighted by Crippen LogP contribution is -2.49. The molecule has 0 spiro atoms. The first-order valence-electron chi connectivity index (χ1n) is 11.1. The number of alkyl halides is 3. The molecule has 36 heavy (non-hydrogen) atoms. The average Bonchev–Trinajstić information content (AvgIpc) is 3.16. The molecule has 1 aromatic carbocycles. The highest BCUT2D eigenvalue weighted by molar-refractivity contribution is 7.90. The van der Waals surface area contributed by atoms with E-state index in [1.165, 1.54) is 18.5 Å². The molecule has 13 heteroatoms. The van der Waals surface area contributed by atoms with Gasteiger partial charge in [-0.05, 0) is 38.1 Å². The molecule has 0 N–H and O–H groups in total. The number of rotatable bonds is 6. The predicted molar refractivity (Wildman–Crippen MR) is 126 cm³/mol. The lowest BCUT2D eigenvalue weighted by Gasteiger charge is -2.39. The van der Waals surface area contributed by atoms with Crippen LogP contribution in [0.25, 0.3) is 11.1 Å². The van der Waals surface area contributed by atoms with E-state index in [2.05, 4.69) is 15.1 Å². The van der Waals surface area contributed by atoms with Crippen LogP contribution in [0.15, 0.2) is 41.8 Å². The van der Waals surface area contributed by atoms with E-state index >= 15 is 0 Å². The predicted octanol–water partition coefficient (Wildman–Crippen LogP) is 2.90. The van der Waals surface area contributed by atoms with E-state index in [-0.39, 0.29) is 11.1 Å². The number of aldehydes is 1. The lowest BCUT2D eigenvalue weighted by molar-refractivity contribution is -0.137. The van der Waals surface area contributed by atoms with Crippen LogP contribution in [0.4, 0.5) is 18.9 Å². The number of halogens is 3. The maximum atomic E-state index is 13.5. The molecule has 1 fully saturated rings. The summed E-state index contributed by atoms with van der Waals surface area (Å²) in [5.74, 6) is 0. The van der Waals surface area contributed by atoms with E-state index < -0.39 is 32.9 Å². The molecule has 1 aliphatic rings. The summed E-state index contributed by atoms with van der Waals surface area (Å²) in [6.07, 6.45) is -0.927. The van der Waals surface area contributed by atoms with Crippen molar-refractivity contribution < 1.29 is 26.4 Å². The molecule has 0 amide bonds. The Morgan fingerprint density at radius 1 is 1.03 bits per heavy atom. The van der Waals surface area contributed by atoms with Gasteiger partial charge < -0.3 is 4.90 Å². The van der Waals surface area contributed by atoms with Crippen molar-refractivity contribution >= 4 is 21.8 Å². The van der Waals surface area contributed by atoms with Gasteiger partial charge in [-0.2, -0.15) is 18.3 Å². The Hall–Kier alpha value is -3.32. The van der Waals surface area contributed by atoms with Crippen molar-refractivity contribution in [1.29, 1.82) is 0 Å². The molecule has 3 aromatic rings. The molecule has 1 unspecified atom stereocenters. The lowest BCUT2D eigenvalue weighted by atomic mass is 10.0. The average molecular weight is 523 g/mol. The van der Waals surface area contributed by atoms with Gasteiger partial charge in [-0.1, -0.05) is 0 Å². The van der Waals surface area contributed by atoms with E-state index in [4.69, 9.17) is 0 Å². The van der Waals surface area contributed by atoms with Crippen molar-refractivity contribution in [3.05, 3.63) is 53.6 Å². The van der Waals surface area contributed by atoms with E-state index in [9.17, 15) is 26.4 Å². The SMILES string of the molecule is Cc1cc(C)n(C(C=O)N2CCN(c3ccc(C(F)(F)F)cc3-c3cnc(S(C)(=O)=O)nc3)CC2)n1. The third kappa shape index (κ3) is 5.26. The van der Waals surface area contributed by atoms with Crippen molar-refractivity contribution in [2.24, 2.45) is 0 Å². The molecule has 4 rings (SSSR count). The second-order valence-corrected chi connectivity index (χ2v) is 10.6. The van der Waals surface area contributed by atoms with Gasteiger partial charge in [0.25, 0.3) is 0 Å². The number of carbonyl (C=O) groups is 1. The van der Waals surface area contributed by atoms with E-state index in [0.717, 1.165) is 36.1 Å². The molecule has 0 aliphatic carbocycles. The van der Waals surface area contributed by atoms with Crippen LogP contribution in [0.5, 0.6) is 0 Å². The second-order valence-electron chi connectivity index (χ2n) is 8.70. The molecule has 2 aromatic heterocycles. The topological polar surface area (TPSA) is 101 Å². The zero-order valence-electron chi connectivity index (χ0n) is 19.9. The fourth-order valence-corrected chi connectivity index (χ4v) is 4.79. The summed E-state index contributed by atoms with van der Waals surface area (Å²) in [6, 6.07) is 5.32. The van der Waals surface area contributed by atoms with E-state index in [0.29, 0.717) is 31.9 Å². The van der Waals surface area contributed by atoms with Crippen molar-refractivity contribution in [2.45, 2.75) is 31.3 Å². The first-order valence-corrected chi connectivity index (χ1v) is 13.0. The van der Waals surface area contributed by atoms with Crippen LogP contribution < -0.4 is 4.90 Å². The van der Waals surface area contributed by atoms with Gasteiger partial charge in [0, 0.05) is 67.3 Å². The summed E-state index contributed by atoms with van der Waals surface area (Å²) in [6.45, 7) is 5.58. The zero-order valence-corrected chi connectivity index (χ0v) is 20.7. The third-order valence-corrected chi connectivity index (χ3v) is 6.91. The van der Waals surface area contributed by atoms with Gasteiger partial charge in [0.2, 0.25) is 15.0 Å². The monoisotopic (exact) mass is 522 g/mol. The first kappa shape index (κ1) is 25.8. The second kappa shape index (κ2) is 9.62.